The van der Waals surface area contributed by atoms with E-state index in [9.17, 15) is 14.7 Å². The van der Waals surface area contributed by atoms with E-state index < -0.39 is 11.4 Å². The Morgan fingerprint density at radius 3 is 2.52 bits per heavy atom. The van der Waals surface area contributed by atoms with Crippen molar-refractivity contribution in [2.45, 2.75) is 59.4 Å². The third-order valence-corrected chi connectivity index (χ3v) is 4.51. The molecule has 0 spiro atoms. The third-order valence-electron chi connectivity index (χ3n) is 4.51. The highest BCUT2D eigenvalue weighted by Gasteiger charge is 2.45. The van der Waals surface area contributed by atoms with Crippen LogP contribution in [0.1, 0.15) is 53.4 Å². The molecule has 1 amide bonds. The predicted octanol–water partition coefficient (Wildman–Crippen LogP) is 2.11. The largest absolute Gasteiger partial charge is 0.481 e. The molecule has 1 heterocycles. The Morgan fingerprint density at radius 2 is 2.00 bits per heavy atom. The van der Waals surface area contributed by atoms with Crippen molar-refractivity contribution < 1.29 is 14.7 Å². The number of nitrogens with zero attached hydrogens (tertiary/aromatic N) is 1. The molecule has 0 bridgehead atoms. The van der Waals surface area contributed by atoms with E-state index in [-0.39, 0.29) is 11.9 Å². The fraction of sp³-hybridized carbons (Fsp3) is 0.875. The Hall–Kier alpha value is -1.10. The van der Waals surface area contributed by atoms with Gasteiger partial charge in [-0.15, -0.1) is 0 Å². The molecule has 0 radical (unpaired) electrons. The fourth-order valence-corrected chi connectivity index (χ4v) is 3.00. The number of rotatable bonds is 8. The van der Waals surface area contributed by atoms with Crippen LogP contribution in [0, 0.1) is 11.3 Å². The van der Waals surface area contributed by atoms with Crippen LogP contribution in [-0.4, -0.2) is 47.6 Å². The van der Waals surface area contributed by atoms with Gasteiger partial charge in [-0.1, -0.05) is 27.2 Å². The maximum Gasteiger partial charge on any atom is 0.310 e. The number of carboxylic acid groups (broad SMARTS) is 1. The number of nitrogens with one attached hydrogen (secondary N) is 1. The van der Waals surface area contributed by atoms with Crippen molar-refractivity contribution in [2.24, 2.45) is 11.3 Å². The quantitative estimate of drug-likeness (QED) is 0.720. The van der Waals surface area contributed by atoms with E-state index in [2.05, 4.69) is 19.2 Å². The zero-order chi connectivity index (χ0) is 16.0. The molecule has 0 aromatic rings. The lowest BCUT2D eigenvalue weighted by atomic mass is 9.83. The van der Waals surface area contributed by atoms with Crippen LogP contribution in [0.2, 0.25) is 0 Å². The van der Waals surface area contributed by atoms with E-state index in [1.807, 2.05) is 18.7 Å². The van der Waals surface area contributed by atoms with Gasteiger partial charge >= 0.3 is 5.97 Å². The average Bonchev–Trinajstić information content (AvgIpc) is 2.83. The van der Waals surface area contributed by atoms with Crippen molar-refractivity contribution in [2.75, 3.05) is 19.6 Å². The van der Waals surface area contributed by atoms with E-state index >= 15 is 0 Å². The summed E-state index contributed by atoms with van der Waals surface area (Å²) in [5, 5.41) is 12.5. The predicted molar refractivity (Wildman–Crippen MR) is 83.1 cm³/mol. The van der Waals surface area contributed by atoms with Crippen molar-refractivity contribution in [3.63, 3.8) is 0 Å². The van der Waals surface area contributed by atoms with Crippen molar-refractivity contribution in [3.05, 3.63) is 0 Å². The molecule has 5 heteroatoms. The van der Waals surface area contributed by atoms with Crippen LogP contribution in [0.3, 0.4) is 0 Å². The minimum Gasteiger partial charge on any atom is -0.481 e. The van der Waals surface area contributed by atoms with E-state index in [4.69, 9.17) is 0 Å². The second-order valence-corrected chi connectivity index (χ2v) is 6.71. The summed E-state index contributed by atoms with van der Waals surface area (Å²) in [6.07, 6.45) is 3.14. The van der Waals surface area contributed by atoms with Gasteiger partial charge in [-0.25, -0.2) is 0 Å². The van der Waals surface area contributed by atoms with Crippen molar-refractivity contribution in [1.82, 2.24) is 10.2 Å². The second-order valence-electron chi connectivity index (χ2n) is 6.71. The summed E-state index contributed by atoms with van der Waals surface area (Å²) in [7, 11) is 0. The summed E-state index contributed by atoms with van der Waals surface area (Å²) in [5.41, 5.74) is -0.665. The monoisotopic (exact) mass is 298 g/mol. The van der Waals surface area contributed by atoms with E-state index in [1.165, 1.54) is 0 Å². The van der Waals surface area contributed by atoms with Gasteiger partial charge in [-0.3, -0.25) is 14.5 Å². The molecule has 2 unspecified atom stereocenters. The van der Waals surface area contributed by atoms with E-state index in [0.717, 1.165) is 12.8 Å². The van der Waals surface area contributed by atoms with Crippen LogP contribution in [0.25, 0.3) is 0 Å². The number of likely N-dealkylation sites (tertiary alicyclic amines) is 1. The lowest BCUT2D eigenvalue weighted by Crippen LogP contribution is -2.46. The molecule has 0 aromatic heterocycles. The number of aliphatic carboxylic acids is 1. The molecule has 0 aromatic carbocycles. The van der Waals surface area contributed by atoms with Crippen LogP contribution >= 0.6 is 0 Å². The number of hydrogen-bond donors (Lipinski definition) is 2. The number of carbonyl (C=O) groups is 2. The van der Waals surface area contributed by atoms with Crippen molar-refractivity contribution in [1.29, 1.82) is 0 Å². The lowest BCUT2D eigenvalue weighted by Gasteiger charge is -2.27. The first-order chi connectivity index (χ1) is 9.82. The van der Waals surface area contributed by atoms with Gasteiger partial charge < -0.3 is 10.4 Å². The summed E-state index contributed by atoms with van der Waals surface area (Å²) in [4.78, 5) is 25.7. The van der Waals surface area contributed by atoms with Crippen LogP contribution in [0.5, 0.6) is 0 Å². The van der Waals surface area contributed by atoms with Gasteiger partial charge in [0.2, 0.25) is 5.91 Å². The Balaban J connectivity index is 2.54. The summed E-state index contributed by atoms with van der Waals surface area (Å²) in [5.74, 6) is -0.149. The third kappa shape index (κ3) is 4.70. The Labute approximate surface area is 128 Å². The minimum atomic E-state index is -0.723. The first-order valence-electron chi connectivity index (χ1n) is 8.07. The number of carbonyl (C=O) groups excluding carboxylic acids is 1. The van der Waals surface area contributed by atoms with Gasteiger partial charge in [0.25, 0.3) is 0 Å². The molecular weight excluding hydrogens is 268 g/mol. The van der Waals surface area contributed by atoms with Crippen molar-refractivity contribution in [3.8, 4) is 0 Å². The molecule has 1 aliphatic rings. The molecular formula is C16H30N2O3. The summed E-state index contributed by atoms with van der Waals surface area (Å²) in [6, 6.07) is -0.254. The molecule has 1 aliphatic heterocycles. The average molecular weight is 298 g/mol. The topological polar surface area (TPSA) is 69.6 Å². The molecule has 1 saturated heterocycles. The van der Waals surface area contributed by atoms with Gasteiger partial charge in [0.1, 0.15) is 0 Å². The van der Waals surface area contributed by atoms with Crippen LogP contribution < -0.4 is 5.32 Å². The highest BCUT2D eigenvalue weighted by atomic mass is 16.4. The molecule has 5 nitrogen and oxygen atoms in total. The standard InChI is InChI=1S/C16H30N2O3/c1-5-7-16(15(20)21)8-10-18(11-16)13(4)14(19)17-9-6-12(2)3/h12-13H,5-11H2,1-4H3,(H,17,19)(H,20,21). The van der Waals surface area contributed by atoms with Crippen LogP contribution in [-0.2, 0) is 9.59 Å². The number of carboxylic acids is 1. The number of amides is 1. The molecule has 122 valence electrons. The van der Waals surface area contributed by atoms with Gasteiger partial charge in [0, 0.05) is 19.6 Å². The summed E-state index contributed by atoms with van der Waals surface area (Å²) < 4.78 is 0. The minimum absolute atomic E-state index is 0.00772. The molecule has 2 atom stereocenters. The lowest BCUT2D eigenvalue weighted by molar-refractivity contribution is -0.149. The Bertz CT molecular complexity index is 371. The van der Waals surface area contributed by atoms with E-state index in [1.54, 1.807) is 0 Å². The van der Waals surface area contributed by atoms with E-state index in [0.29, 0.717) is 38.4 Å². The molecule has 0 aliphatic carbocycles. The molecule has 0 saturated carbocycles. The van der Waals surface area contributed by atoms with Gasteiger partial charge in [-0.05, 0) is 32.1 Å². The number of hydrogen-bond acceptors (Lipinski definition) is 3. The van der Waals surface area contributed by atoms with Crippen LogP contribution in [0.4, 0.5) is 0 Å². The highest BCUT2D eigenvalue weighted by molar-refractivity contribution is 5.82. The first kappa shape index (κ1) is 18.0. The smallest absolute Gasteiger partial charge is 0.310 e. The molecule has 1 rings (SSSR count). The fourth-order valence-electron chi connectivity index (χ4n) is 3.00. The van der Waals surface area contributed by atoms with Crippen LogP contribution in [0.15, 0.2) is 0 Å². The molecule has 2 N–H and O–H groups in total. The maximum absolute atomic E-state index is 12.2. The Morgan fingerprint density at radius 1 is 1.33 bits per heavy atom. The zero-order valence-corrected chi connectivity index (χ0v) is 13.8. The Kier molecular flexibility index (Phi) is 6.65. The highest BCUT2D eigenvalue weighted by Crippen LogP contribution is 2.36. The van der Waals surface area contributed by atoms with Gasteiger partial charge in [0.15, 0.2) is 0 Å². The first-order valence-corrected chi connectivity index (χ1v) is 8.07. The normalized spacial score (nSPS) is 24.2. The van der Waals surface area contributed by atoms with Crippen molar-refractivity contribution >= 4 is 11.9 Å². The molecule has 21 heavy (non-hydrogen) atoms. The second kappa shape index (κ2) is 7.78. The molecule has 1 fully saturated rings. The zero-order valence-electron chi connectivity index (χ0n) is 13.8. The van der Waals surface area contributed by atoms with Gasteiger partial charge in [0.05, 0.1) is 11.5 Å². The van der Waals surface area contributed by atoms with Gasteiger partial charge in [-0.2, -0.15) is 0 Å². The maximum atomic E-state index is 12.2. The summed E-state index contributed by atoms with van der Waals surface area (Å²) in [6.45, 7) is 9.99. The SMILES string of the molecule is CCCC1(C(=O)O)CCN(C(C)C(=O)NCCC(C)C)C1. The summed E-state index contributed by atoms with van der Waals surface area (Å²) >= 11 is 0.